The smallest absolute Gasteiger partial charge is 0.336 e. The summed E-state index contributed by atoms with van der Waals surface area (Å²) < 4.78 is 16.8. The lowest BCUT2D eigenvalue weighted by Crippen LogP contribution is -2.18. The fourth-order valence-corrected chi connectivity index (χ4v) is 2.55. The second kappa shape index (κ2) is 10.7. The minimum Gasteiger partial charge on any atom is -0.490 e. The van der Waals surface area contributed by atoms with E-state index in [0.717, 1.165) is 0 Å². The molecule has 0 aliphatic rings. The Kier molecular flexibility index (Phi) is 8.02. The normalized spacial score (nSPS) is 10.6. The van der Waals surface area contributed by atoms with E-state index in [2.05, 4.69) is 10.5 Å². The maximum absolute atomic E-state index is 12.5. The fourth-order valence-electron chi connectivity index (χ4n) is 2.55. The molecule has 0 bridgehead atoms. The molecule has 0 heterocycles. The highest BCUT2D eigenvalue weighted by Crippen LogP contribution is 2.39. The van der Waals surface area contributed by atoms with Crippen molar-refractivity contribution >= 4 is 18.1 Å². The van der Waals surface area contributed by atoms with Crippen molar-refractivity contribution in [3.05, 3.63) is 53.1 Å². The number of amides is 1. The molecule has 0 aromatic heterocycles. The zero-order valence-corrected chi connectivity index (χ0v) is 16.6. The predicted molar refractivity (Wildman–Crippen MR) is 108 cm³/mol. The van der Waals surface area contributed by atoms with E-state index < -0.39 is 11.9 Å². The molecule has 29 heavy (non-hydrogen) atoms. The lowest BCUT2D eigenvalue weighted by Gasteiger charge is -2.16. The third-order valence-electron chi connectivity index (χ3n) is 3.73. The molecule has 0 aliphatic carbocycles. The first-order chi connectivity index (χ1) is 14.0. The molecule has 0 atom stereocenters. The number of nitrogens with one attached hydrogen (secondary N) is 1. The van der Waals surface area contributed by atoms with Gasteiger partial charge in [-0.2, -0.15) is 5.10 Å². The number of carboxylic acids is 1. The Morgan fingerprint density at radius 3 is 2.14 bits per heavy atom. The van der Waals surface area contributed by atoms with Gasteiger partial charge in [0.25, 0.3) is 5.91 Å². The molecular weight excluding hydrogens is 376 g/mol. The van der Waals surface area contributed by atoms with Crippen LogP contribution in [-0.4, -0.2) is 43.0 Å². The first-order valence-corrected chi connectivity index (χ1v) is 9.23. The van der Waals surface area contributed by atoms with Crippen molar-refractivity contribution in [2.45, 2.75) is 20.8 Å². The highest BCUT2D eigenvalue weighted by Gasteiger charge is 2.18. The molecule has 0 aliphatic heterocycles. The summed E-state index contributed by atoms with van der Waals surface area (Å²) in [5, 5.41) is 13.1. The number of carbonyl (C=O) groups is 2. The zero-order valence-electron chi connectivity index (χ0n) is 16.6. The summed E-state index contributed by atoms with van der Waals surface area (Å²) in [6.45, 7) is 6.69. The topological polar surface area (TPSA) is 106 Å². The van der Waals surface area contributed by atoms with Gasteiger partial charge in [0.05, 0.1) is 31.6 Å². The molecule has 2 aromatic carbocycles. The lowest BCUT2D eigenvalue weighted by molar-refractivity contribution is 0.0696. The van der Waals surface area contributed by atoms with Crippen LogP contribution in [0.3, 0.4) is 0 Å². The average molecular weight is 400 g/mol. The van der Waals surface area contributed by atoms with Crippen LogP contribution in [0.2, 0.25) is 0 Å². The number of benzene rings is 2. The zero-order chi connectivity index (χ0) is 21.2. The Hall–Kier alpha value is -3.55. The second-order valence-electron chi connectivity index (χ2n) is 5.69. The van der Waals surface area contributed by atoms with Crippen LogP contribution in [0.15, 0.2) is 41.5 Å². The fraction of sp³-hybridized carbons (Fsp3) is 0.286. The van der Waals surface area contributed by atoms with E-state index in [0.29, 0.717) is 42.6 Å². The van der Waals surface area contributed by atoms with Crippen LogP contribution >= 0.6 is 0 Å². The maximum Gasteiger partial charge on any atom is 0.336 e. The van der Waals surface area contributed by atoms with E-state index in [4.69, 9.17) is 14.2 Å². The first-order valence-electron chi connectivity index (χ1n) is 9.23. The Morgan fingerprint density at radius 2 is 1.59 bits per heavy atom. The van der Waals surface area contributed by atoms with Crippen LogP contribution in [0.4, 0.5) is 0 Å². The van der Waals surface area contributed by atoms with E-state index in [1.54, 1.807) is 30.3 Å². The number of carbonyl (C=O) groups excluding carboxylic acids is 1. The van der Waals surface area contributed by atoms with E-state index in [9.17, 15) is 14.7 Å². The van der Waals surface area contributed by atoms with E-state index in [1.165, 1.54) is 12.3 Å². The lowest BCUT2D eigenvalue weighted by atomic mass is 10.1. The van der Waals surface area contributed by atoms with Gasteiger partial charge in [-0.05, 0) is 39.0 Å². The number of ether oxygens (including phenoxy) is 3. The molecule has 2 rings (SSSR count). The summed E-state index contributed by atoms with van der Waals surface area (Å²) in [4.78, 5) is 23.8. The van der Waals surface area contributed by atoms with Crippen LogP contribution in [0, 0.1) is 0 Å². The molecule has 2 aromatic rings. The molecule has 0 saturated carbocycles. The SMILES string of the molecule is CCOc1cc(C(=O)N/N=C/c2ccccc2C(=O)O)cc(OCC)c1OCC. The first kappa shape index (κ1) is 21.7. The summed E-state index contributed by atoms with van der Waals surface area (Å²) in [5.41, 5.74) is 3.12. The van der Waals surface area contributed by atoms with Gasteiger partial charge in [0.2, 0.25) is 5.75 Å². The number of hydrogen-bond donors (Lipinski definition) is 2. The van der Waals surface area contributed by atoms with Gasteiger partial charge in [-0.3, -0.25) is 4.79 Å². The Bertz CT molecular complexity index is 867. The second-order valence-corrected chi connectivity index (χ2v) is 5.69. The van der Waals surface area contributed by atoms with Gasteiger partial charge < -0.3 is 19.3 Å². The molecule has 0 unspecified atom stereocenters. The van der Waals surface area contributed by atoms with Crippen LogP contribution in [0.1, 0.15) is 47.1 Å². The van der Waals surface area contributed by atoms with Gasteiger partial charge in [-0.15, -0.1) is 0 Å². The Morgan fingerprint density at radius 1 is 1.00 bits per heavy atom. The molecule has 8 heteroatoms. The Balaban J connectivity index is 2.27. The molecule has 1 amide bonds. The minimum atomic E-state index is -1.08. The summed E-state index contributed by atoms with van der Waals surface area (Å²) in [6.07, 6.45) is 1.28. The van der Waals surface area contributed by atoms with Crippen molar-refractivity contribution in [2.75, 3.05) is 19.8 Å². The van der Waals surface area contributed by atoms with E-state index in [1.807, 2.05) is 20.8 Å². The number of aromatic carboxylic acids is 1. The van der Waals surface area contributed by atoms with Crippen molar-refractivity contribution in [3.63, 3.8) is 0 Å². The van der Waals surface area contributed by atoms with Crippen LogP contribution in [0.5, 0.6) is 17.2 Å². The van der Waals surface area contributed by atoms with Gasteiger partial charge in [-0.25, -0.2) is 10.2 Å². The summed E-state index contributed by atoms with van der Waals surface area (Å²) in [5.74, 6) is -0.352. The summed E-state index contributed by atoms with van der Waals surface area (Å²) in [7, 11) is 0. The van der Waals surface area contributed by atoms with Crippen molar-refractivity contribution in [1.82, 2.24) is 5.43 Å². The predicted octanol–water partition coefficient (Wildman–Crippen LogP) is 3.34. The molecule has 0 saturated heterocycles. The highest BCUT2D eigenvalue weighted by molar-refractivity contribution is 5.99. The molecule has 0 spiro atoms. The van der Waals surface area contributed by atoms with Gasteiger partial charge in [0.1, 0.15) is 0 Å². The molecule has 154 valence electrons. The highest BCUT2D eigenvalue weighted by atomic mass is 16.5. The third-order valence-corrected chi connectivity index (χ3v) is 3.73. The average Bonchev–Trinajstić information content (AvgIpc) is 2.70. The molecular formula is C21H24N2O6. The van der Waals surface area contributed by atoms with Crippen LogP contribution in [-0.2, 0) is 0 Å². The molecule has 8 nitrogen and oxygen atoms in total. The maximum atomic E-state index is 12.5. The third kappa shape index (κ3) is 5.71. The van der Waals surface area contributed by atoms with Crippen molar-refractivity contribution in [2.24, 2.45) is 5.10 Å². The summed E-state index contributed by atoms with van der Waals surface area (Å²) >= 11 is 0. The molecule has 0 fully saturated rings. The van der Waals surface area contributed by atoms with Crippen molar-refractivity contribution in [3.8, 4) is 17.2 Å². The largest absolute Gasteiger partial charge is 0.490 e. The number of hydrogen-bond acceptors (Lipinski definition) is 6. The van der Waals surface area contributed by atoms with Gasteiger partial charge in [0.15, 0.2) is 11.5 Å². The number of carboxylic acid groups (broad SMARTS) is 1. The van der Waals surface area contributed by atoms with Crippen molar-refractivity contribution < 1.29 is 28.9 Å². The standard InChI is InChI=1S/C21H24N2O6/c1-4-27-17-11-15(12-18(28-5-2)19(17)29-6-3)20(24)23-22-13-14-9-7-8-10-16(14)21(25)26/h7-13H,4-6H2,1-3H3,(H,23,24)(H,25,26)/b22-13+. The van der Waals surface area contributed by atoms with Crippen LogP contribution < -0.4 is 19.6 Å². The van der Waals surface area contributed by atoms with Gasteiger partial charge in [0, 0.05) is 11.1 Å². The molecule has 2 N–H and O–H groups in total. The van der Waals surface area contributed by atoms with Gasteiger partial charge in [-0.1, -0.05) is 18.2 Å². The van der Waals surface area contributed by atoms with E-state index in [-0.39, 0.29) is 11.1 Å². The monoisotopic (exact) mass is 400 g/mol. The van der Waals surface area contributed by atoms with E-state index >= 15 is 0 Å². The quantitative estimate of drug-likeness (QED) is 0.468. The minimum absolute atomic E-state index is 0.0869. The van der Waals surface area contributed by atoms with Gasteiger partial charge >= 0.3 is 5.97 Å². The summed E-state index contributed by atoms with van der Waals surface area (Å²) in [6, 6.07) is 9.45. The number of hydrazone groups is 1. The molecule has 0 radical (unpaired) electrons. The Labute approximate surface area is 169 Å². The van der Waals surface area contributed by atoms with Crippen LogP contribution in [0.25, 0.3) is 0 Å². The van der Waals surface area contributed by atoms with Crippen molar-refractivity contribution in [1.29, 1.82) is 0 Å². The number of rotatable bonds is 10. The number of nitrogens with zero attached hydrogens (tertiary/aromatic N) is 1.